The van der Waals surface area contributed by atoms with Crippen LogP contribution < -0.4 is 11.1 Å². The maximum atomic E-state index is 11.5. The third-order valence-corrected chi connectivity index (χ3v) is 3.78. The number of methoxy groups -OCH3 is 1. The molecule has 0 saturated carbocycles. The smallest absolute Gasteiger partial charge is 0.177 e. The van der Waals surface area contributed by atoms with E-state index in [2.05, 4.69) is 5.32 Å². The summed E-state index contributed by atoms with van der Waals surface area (Å²) in [7, 11) is -1.65. The van der Waals surface area contributed by atoms with E-state index in [1.807, 2.05) is 6.92 Å². The van der Waals surface area contributed by atoms with Crippen LogP contribution in [-0.4, -0.2) is 34.4 Å². The maximum absolute atomic E-state index is 11.5. The van der Waals surface area contributed by atoms with Gasteiger partial charge in [-0.3, -0.25) is 0 Å². The number of anilines is 2. The molecule has 0 spiro atoms. The quantitative estimate of drug-likeness (QED) is 0.767. The fourth-order valence-electron chi connectivity index (χ4n) is 1.63. The van der Waals surface area contributed by atoms with Gasteiger partial charge in [0.1, 0.15) is 0 Å². The summed E-state index contributed by atoms with van der Waals surface area (Å²) in [6.07, 6.45) is 1.97. The largest absolute Gasteiger partial charge is 0.396 e. The van der Waals surface area contributed by atoms with Crippen LogP contribution in [0.25, 0.3) is 0 Å². The van der Waals surface area contributed by atoms with Crippen molar-refractivity contribution in [2.45, 2.75) is 24.3 Å². The molecule has 1 aromatic carbocycles. The minimum absolute atomic E-state index is 0.155. The second kappa shape index (κ2) is 6.06. The molecule has 0 fully saturated rings. The number of nitrogens with one attached hydrogen (secondary N) is 1. The summed E-state index contributed by atoms with van der Waals surface area (Å²) in [6.45, 7) is 2.63. The minimum Gasteiger partial charge on any atom is -0.396 e. The van der Waals surface area contributed by atoms with Gasteiger partial charge in [0.2, 0.25) is 0 Å². The second-order valence-electron chi connectivity index (χ2n) is 4.32. The van der Waals surface area contributed by atoms with Gasteiger partial charge in [-0.1, -0.05) is 6.07 Å². The van der Waals surface area contributed by atoms with Crippen LogP contribution in [0, 0.1) is 0 Å². The lowest BCUT2D eigenvalue weighted by Crippen LogP contribution is -2.18. The van der Waals surface area contributed by atoms with Crippen molar-refractivity contribution in [3.8, 4) is 0 Å². The first-order chi connectivity index (χ1) is 8.36. The highest BCUT2D eigenvalue weighted by Gasteiger charge is 2.14. The molecule has 0 aliphatic carbocycles. The molecule has 102 valence electrons. The van der Waals surface area contributed by atoms with Crippen molar-refractivity contribution in [3.05, 3.63) is 18.2 Å². The van der Waals surface area contributed by atoms with E-state index in [9.17, 15) is 8.42 Å². The molecule has 0 saturated heterocycles. The van der Waals surface area contributed by atoms with Crippen LogP contribution in [-0.2, 0) is 14.6 Å². The van der Waals surface area contributed by atoms with Gasteiger partial charge in [-0.25, -0.2) is 8.42 Å². The summed E-state index contributed by atoms with van der Waals surface area (Å²) in [5, 5.41) is 3.19. The molecule has 0 aliphatic rings. The molecule has 1 atom stereocenters. The Labute approximate surface area is 108 Å². The molecule has 18 heavy (non-hydrogen) atoms. The third-order valence-electron chi connectivity index (χ3n) is 2.62. The first-order valence-corrected chi connectivity index (χ1v) is 7.59. The Morgan fingerprint density at radius 1 is 1.44 bits per heavy atom. The van der Waals surface area contributed by atoms with E-state index in [-0.39, 0.29) is 16.6 Å². The molecule has 5 nitrogen and oxygen atoms in total. The lowest BCUT2D eigenvalue weighted by atomic mass is 10.2. The van der Waals surface area contributed by atoms with Crippen LogP contribution in [0.1, 0.15) is 13.3 Å². The highest BCUT2D eigenvalue weighted by molar-refractivity contribution is 7.90. The van der Waals surface area contributed by atoms with Crippen LogP contribution in [0.4, 0.5) is 11.4 Å². The van der Waals surface area contributed by atoms with E-state index in [1.165, 1.54) is 6.07 Å². The average molecular weight is 272 g/mol. The first kappa shape index (κ1) is 14.8. The summed E-state index contributed by atoms with van der Waals surface area (Å²) in [5.74, 6) is 0. The van der Waals surface area contributed by atoms with Crippen molar-refractivity contribution in [1.82, 2.24) is 0 Å². The van der Waals surface area contributed by atoms with Gasteiger partial charge in [0.05, 0.1) is 16.3 Å². The number of para-hydroxylation sites is 1. The Balaban J connectivity index is 2.91. The van der Waals surface area contributed by atoms with Gasteiger partial charge in [-0.15, -0.1) is 0 Å². The standard InChI is InChI=1S/C12H20N2O3S/c1-9(7-8-17-2)14-10-5-4-6-11(12(10)13)18(3,15)16/h4-6,9,14H,7-8,13H2,1-3H3. The minimum atomic E-state index is -3.30. The normalized spacial score (nSPS) is 13.3. The maximum Gasteiger partial charge on any atom is 0.177 e. The first-order valence-electron chi connectivity index (χ1n) is 5.70. The summed E-state index contributed by atoms with van der Waals surface area (Å²) < 4.78 is 28.1. The van der Waals surface area contributed by atoms with Gasteiger partial charge in [0.15, 0.2) is 9.84 Å². The molecule has 0 heterocycles. The van der Waals surface area contributed by atoms with Gasteiger partial charge in [0.25, 0.3) is 0 Å². The Hall–Kier alpha value is -1.27. The summed E-state index contributed by atoms with van der Waals surface area (Å²) in [5.41, 5.74) is 6.78. The van der Waals surface area contributed by atoms with E-state index in [4.69, 9.17) is 10.5 Å². The second-order valence-corrected chi connectivity index (χ2v) is 6.30. The Kier molecular flexibility index (Phi) is 4.98. The van der Waals surface area contributed by atoms with E-state index in [1.54, 1.807) is 19.2 Å². The zero-order valence-electron chi connectivity index (χ0n) is 10.9. The molecule has 0 bridgehead atoms. The van der Waals surface area contributed by atoms with Gasteiger partial charge in [0, 0.05) is 26.0 Å². The average Bonchev–Trinajstić information content (AvgIpc) is 2.27. The molecular formula is C12H20N2O3S. The number of nitrogen functional groups attached to an aromatic ring is 1. The van der Waals surface area contributed by atoms with Crippen LogP contribution in [0.15, 0.2) is 23.1 Å². The van der Waals surface area contributed by atoms with Crippen molar-refractivity contribution in [1.29, 1.82) is 0 Å². The van der Waals surface area contributed by atoms with E-state index in [0.717, 1.165) is 12.7 Å². The van der Waals surface area contributed by atoms with Gasteiger partial charge < -0.3 is 15.8 Å². The topological polar surface area (TPSA) is 81.4 Å². The molecule has 6 heteroatoms. The fraction of sp³-hybridized carbons (Fsp3) is 0.500. The van der Waals surface area contributed by atoms with Crippen LogP contribution in [0.5, 0.6) is 0 Å². The number of rotatable bonds is 6. The van der Waals surface area contributed by atoms with Crippen LogP contribution in [0.2, 0.25) is 0 Å². The predicted octanol–water partition coefficient (Wildman–Crippen LogP) is 1.51. The van der Waals surface area contributed by atoms with E-state index < -0.39 is 9.84 Å². The zero-order chi connectivity index (χ0) is 13.8. The van der Waals surface area contributed by atoms with E-state index in [0.29, 0.717) is 12.3 Å². The summed E-state index contributed by atoms with van der Waals surface area (Å²) in [4.78, 5) is 0.159. The predicted molar refractivity (Wildman–Crippen MR) is 73.5 cm³/mol. The molecular weight excluding hydrogens is 252 g/mol. The molecule has 0 aromatic heterocycles. The fourth-order valence-corrected chi connectivity index (χ4v) is 2.46. The number of nitrogens with two attached hydrogens (primary N) is 1. The third kappa shape index (κ3) is 3.89. The number of hydrogen-bond donors (Lipinski definition) is 2. The Bertz CT molecular complexity index is 500. The van der Waals surface area contributed by atoms with E-state index >= 15 is 0 Å². The summed E-state index contributed by atoms with van der Waals surface area (Å²) in [6, 6.07) is 5.11. The molecule has 3 N–H and O–H groups in total. The number of sulfone groups is 1. The lowest BCUT2D eigenvalue weighted by molar-refractivity contribution is 0.191. The molecule has 1 aromatic rings. The molecule has 1 rings (SSSR count). The van der Waals surface area contributed by atoms with Crippen LogP contribution >= 0.6 is 0 Å². The molecule has 0 aliphatic heterocycles. The SMILES string of the molecule is COCCC(C)Nc1cccc(S(C)(=O)=O)c1N. The van der Waals surface area contributed by atoms with Crippen molar-refractivity contribution in [2.24, 2.45) is 0 Å². The van der Waals surface area contributed by atoms with Crippen LogP contribution in [0.3, 0.4) is 0 Å². The van der Waals surface area contributed by atoms with Gasteiger partial charge in [-0.2, -0.15) is 0 Å². The number of benzene rings is 1. The molecule has 0 amide bonds. The number of hydrogen-bond acceptors (Lipinski definition) is 5. The van der Waals surface area contributed by atoms with Crippen molar-refractivity contribution in [3.63, 3.8) is 0 Å². The van der Waals surface area contributed by atoms with Gasteiger partial charge >= 0.3 is 0 Å². The molecule has 0 radical (unpaired) electrons. The number of ether oxygens (including phenoxy) is 1. The van der Waals surface area contributed by atoms with Crippen molar-refractivity contribution in [2.75, 3.05) is 31.0 Å². The monoisotopic (exact) mass is 272 g/mol. The van der Waals surface area contributed by atoms with Gasteiger partial charge in [-0.05, 0) is 25.5 Å². The van der Waals surface area contributed by atoms with Crippen molar-refractivity contribution >= 4 is 21.2 Å². The lowest BCUT2D eigenvalue weighted by Gasteiger charge is -2.17. The molecule has 1 unspecified atom stereocenters. The highest BCUT2D eigenvalue weighted by Crippen LogP contribution is 2.27. The Morgan fingerprint density at radius 2 is 2.11 bits per heavy atom. The zero-order valence-corrected chi connectivity index (χ0v) is 11.8. The Morgan fingerprint density at radius 3 is 2.67 bits per heavy atom. The van der Waals surface area contributed by atoms with Crippen molar-refractivity contribution < 1.29 is 13.2 Å². The summed E-state index contributed by atoms with van der Waals surface area (Å²) >= 11 is 0. The highest BCUT2D eigenvalue weighted by atomic mass is 32.2.